The molecule has 0 bridgehead atoms. The predicted octanol–water partition coefficient (Wildman–Crippen LogP) is 0.853. The quantitative estimate of drug-likeness (QED) is 0.765. The van der Waals surface area contributed by atoms with Gasteiger partial charge in [-0.15, -0.1) is 0 Å². The minimum Gasteiger partial charge on any atom is -0.326 e. The predicted molar refractivity (Wildman–Crippen MR) is 91.7 cm³/mol. The van der Waals surface area contributed by atoms with Crippen LogP contribution in [-0.2, 0) is 19.9 Å². The lowest BCUT2D eigenvalue weighted by molar-refractivity contribution is -0.730. The second-order valence-corrected chi connectivity index (χ2v) is 7.73. The molecule has 3 heterocycles. The van der Waals surface area contributed by atoms with Crippen LogP contribution >= 0.6 is 11.6 Å². The highest BCUT2D eigenvalue weighted by molar-refractivity contribution is 6.35. The monoisotopic (exact) mass is 362 g/mol. The van der Waals surface area contributed by atoms with Crippen molar-refractivity contribution in [3.63, 3.8) is 0 Å². The molecule has 2 fully saturated rings. The van der Waals surface area contributed by atoms with Crippen LogP contribution < -0.4 is 10.6 Å². The normalized spacial score (nSPS) is 34.5. The van der Waals surface area contributed by atoms with E-state index in [1.54, 1.807) is 12.1 Å². The molecule has 0 aromatic heterocycles. The first kappa shape index (κ1) is 16.5. The molecule has 7 heteroatoms. The van der Waals surface area contributed by atoms with Gasteiger partial charge in [0.25, 0.3) is 5.91 Å². The van der Waals surface area contributed by atoms with Crippen LogP contribution in [0.2, 0.25) is 5.02 Å². The summed E-state index contributed by atoms with van der Waals surface area (Å²) < 4.78 is 0. The van der Waals surface area contributed by atoms with Gasteiger partial charge < -0.3 is 10.6 Å². The highest BCUT2D eigenvalue weighted by Crippen LogP contribution is 2.50. The Balaban J connectivity index is 1.89. The smallest absolute Gasteiger partial charge is 0.291 e. The van der Waals surface area contributed by atoms with E-state index in [0.29, 0.717) is 22.7 Å². The van der Waals surface area contributed by atoms with Crippen molar-refractivity contribution in [3.8, 4) is 0 Å². The van der Waals surface area contributed by atoms with Gasteiger partial charge in [0.05, 0.1) is 16.8 Å². The van der Waals surface area contributed by atoms with E-state index in [0.717, 1.165) is 0 Å². The first-order valence-corrected chi connectivity index (χ1v) is 9.05. The number of benzene rings is 1. The van der Waals surface area contributed by atoms with Gasteiger partial charge in [0, 0.05) is 11.6 Å². The fourth-order valence-electron chi connectivity index (χ4n) is 4.77. The molecule has 6 nitrogen and oxygen atoms in total. The summed E-state index contributed by atoms with van der Waals surface area (Å²) in [4.78, 5) is 40.6. The molecule has 0 radical (unpaired) electrons. The zero-order valence-corrected chi connectivity index (χ0v) is 15.1. The molecule has 0 unspecified atom stereocenters. The molecule has 1 spiro atoms. The molecular weight excluding hydrogens is 342 g/mol. The van der Waals surface area contributed by atoms with E-state index < -0.39 is 17.4 Å². The third kappa shape index (κ3) is 1.87. The standard InChI is InChI=1S/C18H20ClN3O3/c1-4-8(2)22-15(23)12-9(3)21-18(13(12)16(22)24)10-6-5-7-11(19)14(10)20-17(18)25/h5-9,12-13,21H,4H2,1-3H3,(H,20,25)/p+1/t8-,9+,12-,13+,18-/m1/s1. The molecule has 0 saturated carbocycles. The van der Waals surface area contributed by atoms with Crippen molar-refractivity contribution in [1.29, 1.82) is 0 Å². The van der Waals surface area contributed by atoms with Gasteiger partial charge >= 0.3 is 0 Å². The van der Waals surface area contributed by atoms with Crippen LogP contribution in [0.4, 0.5) is 5.69 Å². The number of halogens is 1. The lowest BCUT2D eigenvalue weighted by Crippen LogP contribution is -2.98. The second-order valence-electron chi connectivity index (χ2n) is 7.32. The Labute approximate surface area is 150 Å². The van der Waals surface area contributed by atoms with Crippen LogP contribution in [0, 0.1) is 11.8 Å². The summed E-state index contributed by atoms with van der Waals surface area (Å²) in [6.45, 7) is 5.73. The number of rotatable bonds is 2. The van der Waals surface area contributed by atoms with Crippen molar-refractivity contribution in [3.05, 3.63) is 28.8 Å². The van der Waals surface area contributed by atoms with Gasteiger partial charge in [0.1, 0.15) is 11.8 Å². The number of hydrogen-bond donors (Lipinski definition) is 2. The number of fused-ring (bicyclic) bond motifs is 4. The molecule has 1 aromatic carbocycles. The number of carbonyl (C=O) groups is 3. The molecule has 132 valence electrons. The highest BCUT2D eigenvalue weighted by atomic mass is 35.5. The lowest BCUT2D eigenvalue weighted by atomic mass is 9.76. The summed E-state index contributed by atoms with van der Waals surface area (Å²) in [6, 6.07) is 4.99. The Morgan fingerprint density at radius 2 is 2.04 bits per heavy atom. The van der Waals surface area contributed by atoms with Gasteiger partial charge in [-0.2, -0.15) is 0 Å². The number of likely N-dealkylation sites (tertiary alicyclic amines) is 1. The van der Waals surface area contributed by atoms with Crippen LogP contribution in [0.5, 0.6) is 0 Å². The highest BCUT2D eigenvalue weighted by Gasteiger charge is 2.73. The van der Waals surface area contributed by atoms with Crippen molar-refractivity contribution in [2.24, 2.45) is 11.8 Å². The fraction of sp³-hybridized carbons (Fsp3) is 0.500. The largest absolute Gasteiger partial charge is 0.326 e. The maximum Gasteiger partial charge on any atom is 0.291 e. The van der Waals surface area contributed by atoms with E-state index in [1.165, 1.54) is 4.90 Å². The van der Waals surface area contributed by atoms with Crippen LogP contribution in [-0.4, -0.2) is 34.7 Å². The van der Waals surface area contributed by atoms with E-state index in [4.69, 9.17) is 11.6 Å². The van der Waals surface area contributed by atoms with Crippen LogP contribution in [0.15, 0.2) is 18.2 Å². The molecule has 3 aliphatic rings. The number of hydrogen-bond acceptors (Lipinski definition) is 3. The molecule has 3 N–H and O–H groups in total. The summed E-state index contributed by atoms with van der Waals surface area (Å²) in [5, 5.41) is 5.17. The number of nitrogens with one attached hydrogen (secondary N) is 1. The Morgan fingerprint density at radius 3 is 2.72 bits per heavy atom. The van der Waals surface area contributed by atoms with Gasteiger partial charge in [-0.3, -0.25) is 19.3 Å². The first-order chi connectivity index (χ1) is 11.8. The molecule has 3 amide bonds. The number of nitrogens with two attached hydrogens (primary N) is 1. The zero-order chi connectivity index (χ0) is 18.1. The van der Waals surface area contributed by atoms with Gasteiger partial charge in [-0.05, 0) is 32.4 Å². The maximum absolute atomic E-state index is 13.2. The molecule has 5 atom stereocenters. The van der Waals surface area contributed by atoms with Crippen molar-refractivity contribution in [2.75, 3.05) is 5.32 Å². The topological polar surface area (TPSA) is 83.1 Å². The molecule has 0 aliphatic carbocycles. The Hall–Kier alpha value is -1.92. The second kappa shape index (κ2) is 5.29. The number of nitrogens with zero attached hydrogens (tertiary/aromatic N) is 1. The SMILES string of the molecule is CC[C@@H](C)N1C(=O)[C@@H]2[C@H](C)[NH2+][C@@]3(C(=O)Nc4c(Cl)cccc43)[C@@H]2C1=O. The number of imide groups is 1. The summed E-state index contributed by atoms with van der Waals surface area (Å²) >= 11 is 6.25. The molecule has 1 aromatic rings. The number of amides is 3. The van der Waals surface area contributed by atoms with E-state index in [-0.39, 0.29) is 29.8 Å². The van der Waals surface area contributed by atoms with Gasteiger partial charge in [-0.25, -0.2) is 0 Å². The summed E-state index contributed by atoms with van der Waals surface area (Å²) in [5.74, 6) is -1.84. The molecule has 25 heavy (non-hydrogen) atoms. The van der Waals surface area contributed by atoms with Gasteiger partial charge in [0.2, 0.25) is 17.4 Å². The Morgan fingerprint density at radius 1 is 1.32 bits per heavy atom. The number of quaternary nitrogens is 1. The number of anilines is 1. The minimum atomic E-state index is -1.11. The van der Waals surface area contributed by atoms with Crippen LogP contribution in [0.3, 0.4) is 0 Å². The van der Waals surface area contributed by atoms with Gasteiger partial charge in [0.15, 0.2) is 0 Å². The van der Waals surface area contributed by atoms with E-state index >= 15 is 0 Å². The molecular formula is C18H21ClN3O3+. The maximum atomic E-state index is 13.2. The van der Waals surface area contributed by atoms with Crippen molar-refractivity contribution < 1.29 is 19.7 Å². The number of carbonyl (C=O) groups excluding carboxylic acids is 3. The van der Waals surface area contributed by atoms with E-state index in [1.807, 2.05) is 32.2 Å². The molecule has 2 saturated heterocycles. The fourth-order valence-corrected chi connectivity index (χ4v) is 4.99. The van der Waals surface area contributed by atoms with Gasteiger partial charge in [-0.1, -0.05) is 24.6 Å². The zero-order valence-electron chi connectivity index (χ0n) is 14.4. The van der Waals surface area contributed by atoms with Crippen LogP contribution in [0.1, 0.15) is 32.8 Å². The van der Waals surface area contributed by atoms with Crippen molar-refractivity contribution in [1.82, 2.24) is 4.90 Å². The third-order valence-electron chi connectivity index (χ3n) is 6.07. The molecule has 4 rings (SSSR count). The molecule has 3 aliphatic heterocycles. The summed E-state index contributed by atoms with van der Waals surface area (Å²) in [6.07, 6.45) is 0.691. The van der Waals surface area contributed by atoms with E-state index in [9.17, 15) is 14.4 Å². The summed E-state index contributed by atoms with van der Waals surface area (Å²) in [5.41, 5.74) is 0.149. The first-order valence-electron chi connectivity index (χ1n) is 8.68. The third-order valence-corrected chi connectivity index (χ3v) is 6.39. The lowest BCUT2D eigenvalue weighted by Gasteiger charge is -2.28. The minimum absolute atomic E-state index is 0.159. The Bertz CT molecular complexity index is 811. The average Bonchev–Trinajstić information content (AvgIpc) is 3.13. The number of para-hydroxylation sites is 1. The van der Waals surface area contributed by atoms with E-state index in [2.05, 4.69) is 5.32 Å². The van der Waals surface area contributed by atoms with Crippen molar-refractivity contribution >= 4 is 35.0 Å². The van der Waals surface area contributed by atoms with Crippen molar-refractivity contribution in [2.45, 2.75) is 44.8 Å². The average molecular weight is 363 g/mol. The van der Waals surface area contributed by atoms with Crippen LogP contribution in [0.25, 0.3) is 0 Å². The summed E-state index contributed by atoms with van der Waals surface area (Å²) in [7, 11) is 0. The Kier molecular flexibility index (Phi) is 3.50.